The molecule has 0 radical (unpaired) electrons. The van der Waals surface area contributed by atoms with Gasteiger partial charge in [0.25, 0.3) is 0 Å². The highest BCUT2D eigenvalue weighted by atomic mass is 16.3. The van der Waals surface area contributed by atoms with E-state index in [0.29, 0.717) is 12.0 Å². The van der Waals surface area contributed by atoms with Gasteiger partial charge in [-0.25, -0.2) is 0 Å². The van der Waals surface area contributed by atoms with E-state index in [1.54, 1.807) is 24.3 Å². The minimum absolute atomic E-state index is 0.0272. The molecule has 1 aromatic rings. The first-order chi connectivity index (χ1) is 7.30. The summed E-state index contributed by atoms with van der Waals surface area (Å²) in [5, 5.41) is 29.4. The van der Waals surface area contributed by atoms with Crippen LogP contribution >= 0.6 is 0 Å². The number of benzene rings is 1. The minimum Gasteiger partial charge on any atom is -0.396 e. The van der Waals surface area contributed by atoms with E-state index in [-0.39, 0.29) is 19.3 Å². The second-order valence-electron chi connectivity index (χ2n) is 3.23. The standard InChI is InChI=1S/C11H14N2O2/c12-7-9-1-3-10(4-2-9)13-11(8-15)5-6-14/h1-4,11,13-15H,5-6,8H2. The highest BCUT2D eigenvalue weighted by Gasteiger charge is 2.05. The van der Waals surface area contributed by atoms with Gasteiger partial charge in [-0.3, -0.25) is 0 Å². The maximum absolute atomic E-state index is 8.99. The van der Waals surface area contributed by atoms with Crippen molar-refractivity contribution < 1.29 is 10.2 Å². The molecule has 0 spiro atoms. The SMILES string of the molecule is N#Cc1ccc(NC(CO)CCO)cc1. The minimum atomic E-state index is -0.150. The number of aliphatic hydroxyl groups is 2. The normalized spacial score (nSPS) is 11.8. The van der Waals surface area contributed by atoms with Gasteiger partial charge in [0, 0.05) is 12.3 Å². The summed E-state index contributed by atoms with van der Waals surface area (Å²) >= 11 is 0. The third-order valence-corrected chi connectivity index (χ3v) is 2.08. The van der Waals surface area contributed by atoms with Gasteiger partial charge in [-0.2, -0.15) is 5.26 Å². The molecule has 1 unspecified atom stereocenters. The Bertz CT molecular complexity index is 329. The average Bonchev–Trinajstić information content (AvgIpc) is 2.29. The molecule has 1 atom stereocenters. The van der Waals surface area contributed by atoms with Crippen molar-refractivity contribution in [2.24, 2.45) is 0 Å². The molecule has 0 fully saturated rings. The number of aliphatic hydroxyl groups excluding tert-OH is 2. The van der Waals surface area contributed by atoms with Gasteiger partial charge in [0.1, 0.15) is 0 Å². The zero-order valence-corrected chi connectivity index (χ0v) is 8.35. The lowest BCUT2D eigenvalue weighted by Crippen LogP contribution is -2.24. The van der Waals surface area contributed by atoms with Crippen LogP contribution in [0.5, 0.6) is 0 Å². The van der Waals surface area contributed by atoms with Crippen LogP contribution in [0.2, 0.25) is 0 Å². The Morgan fingerprint density at radius 3 is 2.40 bits per heavy atom. The highest BCUT2D eigenvalue weighted by Crippen LogP contribution is 2.11. The first-order valence-corrected chi connectivity index (χ1v) is 4.78. The van der Waals surface area contributed by atoms with E-state index in [1.165, 1.54) is 0 Å². The van der Waals surface area contributed by atoms with Crippen molar-refractivity contribution in [1.29, 1.82) is 5.26 Å². The van der Waals surface area contributed by atoms with Gasteiger partial charge in [0.15, 0.2) is 0 Å². The van der Waals surface area contributed by atoms with Crippen molar-refractivity contribution in [3.8, 4) is 6.07 Å². The van der Waals surface area contributed by atoms with Crippen LogP contribution in [-0.2, 0) is 0 Å². The Hall–Kier alpha value is -1.57. The van der Waals surface area contributed by atoms with Gasteiger partial charge in [-0.1, -0.05) is 0 Å². The van der Waals surface area contributed by atoms with Gasteiger partial charge in [-0.15, -0.1) is 0 Å². The van der Waals surface area contributed by atoms with E-state index in [2.05, 4.69) is 5.32 Å². The van der Waals surface area contributed by atoms with Crippen LogP contribution in [0.3, 0.4) is 0 Å². The van der Waals surface area contributed by atoms with Crippen LogP contribution in [0.1, 0.15) is 12.0 Å². The molecule has 1 aromatic carbocycles. The quantitative estimate of drug-likeness (QED) is 0.663. The molecule has 4 heteroatoms. The lowest BCUT2D eigenvalue weighted by atomic mass is 10.2. The van der Waals surface area contributed by atoms with E-state index in [1.807, 2.05) is 6.07 Å². The summed E-state index contributed by atoms with van der Waals surface area (Å²) < 4.78 is 0. The van der Waals surface area contributed by atoms with Crippen LogP contribution in [0.25, 0.3) is 0 Å². The van der Waals surface area contributed by atoms with Crippen molar-refractivity contribution >= 4 is 5.69 Å². The molecule has 4 nitrogen and oxygen atoms in total. The lowest BCUT2D eigenvalue weighted by molar-refractivity contribution is 0.229. The molecule has 0 saturated heterocycles. The molecule has 0 aromatic heterocycles. The molecule has 0 bridgehead atoms. The molecular formula is C11H14N2O2. The van der Waals surface area contributed by atoms with Gasteiger partial charge in [-0.05, 0) is 30.7 Å². The maximum atomic E-state index is 8.99. The summed E-state index contributed by atoms with van der Waals surface area (Å²) in [5.41, 5.74) is 1.43. The van der Waals surface area contributed by atoms with Gasteiger partial charge in [0.05, 0.1) is 24.3 Å². The molecule has 0 heterocycles. The fourth-order valence-electron chi connectivity index (χ4n) is 1.24. The Morgan fingerprint density at radius 2 is 1.93 bits per heavy atom. The molecule has 3 N–H and O–H groups in total. The number of anilines is 1. The third-order valence-electron chi connectivity index (χ3n) is 2.08. The molecule has 0 amide bonds. The van der Waals surface area contributed by atoms with Crippen LogP contribution in [0, 0.1) is 11.3 Å². The number of nitriles is 1. The number of hydrogen-bond donors (Lipinski definition) is 3. The van der Waals surface area contributed by atoms with Crippen LogP contribution in [0.4, 0.5) is 5.69 Å². The lowest BCUT2D eigenvalue weighted by Gasteiger charge is -2.16. The average molecular weight is 206 g/mol. The predicted octanol–water partition coefficient (Wildman–Crippen LogP) is 0.713. The highest BCUT2D eigenvalue weighted by molar-refractivity contribution is 5.47. The summed E-state index contributed by atoms with van der Waals surface area (Å²) in [5.74, 6) is 0. The summed E-state index contributed by atoms with van der Waals surface area (Å²) in [6, 6.07) is 8.84. The predicted molar refractivity (Wildman–Crippen MR) is 57.4 cm³/mol. The van der Waals surface area contributed by atoms with Crippen molar-refractivity contribution in [2.45, 2.75) is 12.5 Å². The zero-order valence-electron chi connectivity index (χ0n) is 8.35. The van der Waals surface area contributed by atoms with Crippen molar-refractivity contribution in [3.63, 3.8) is 0 Å². The summed E-state index contributed by atoms with van der Waals surface area (Å²) in [6.45, 7) is 0.00900. The Labute approximate surface area is 88.8 Å². The second-order valence-corrected chi connectivity index (χ2v) is 3.23. The molecule has 0 aliphatic carbocycles. The topological polar surface area (TPSA) is 76.3 Å². The molecule has 0 aliphatic heterocycles. The van der Waals surface area contributed by atoms with Crippen molar-refractivity contribution in [1.82, 2.24) is 0 Å². The van der Waals surface area contributed by atoms with Gasteiger partial charge < -0.3 is 15.5 Å². The number of nitrogens with one attached hydrogen (secondary N) is 1. The molecule has 15 heavy (non-hydrogen) atoms. The Kier molecular flexibility index (Phi) is 4.61. The van der Waals surface area contributed by atoms with Crippen molar-refractivity contribution in [2.75, 3.05) is 18.5 Å². The fourth-order valence-corrected chi connectivity index (χ4v) is 1.24. The second kappa shape index (κ2) is 6.02. The molecular weight excluding hydrogens is 192 g/mol. The van der Waals surface area contributed by atoms with Crippen LogP contribution in [-0.4, -0.2) is 29.5 Å². The van der Waals surface area contributed by atoms with Crippen LogP contribution in [0.15, 0.2) is 24.3 Å². The van der Waals surface area contributed by atoms with E-state index in [9.17, 15) is 0 Å². The Morgan fingerprint density at radius 1 is 1.27 bits per heavy atom. The maximum Gasteiger partial charge on any atom is 0.0991 e. The molecule has 0 aliphatic rings. The zero-order chi connectivity index (χ0) is 11.1. The largest absolute Gasteiger partial charge is 0.396 e. The van der Waals surface area contributed by atoms with E-state index in [0.717, 1.165) is 5.69 Å². The fraction of sp³-hybridized carbons (Fsp3) is 0.364. The molecule has 0 saturated carbocycles. The number of rotatable bonds is 5. The summed E-state index contributed by atoms with van der Waals surface area (Å²) in [6.07, 6.45) is 0.497. The molecule has 1 rings (SSSR count). The first-order valence-electron chi connectivity index (χ1n) is 4.78. The summed E-state index contributed by atoms with van der Waals surface area (Å²) in [4.78, 5) is 0. The van der Waals surface area contributed by atoms with Gasteiger partial charge in [0.2, 0.25) is 0 Å². The molecule has 80 valence electrons. The first kappa shape index (κ1) is 11.5. The monoisotopic (exact) mass is 206 g/mol. The van der Waals surface area contributed by atoms with E-state index in [4.69, 9.17) is 15.5 Å². The number of nitrogens with zero attached hydrogens (tertiary/aromatic N) is 1. The summed E-state index contributed by atoms with van der Waals surface area (Å²) in [7, 11) is 0. The third kappa shape index (κ3) is 3.58. The van der Waals surface area contributed by atoms with E-state index >= 15 is 0 Å². The number of hydrogen-bond acceptors (Lipinski definition) is 4. The Balaban J connectivity index is 2.59. The van der Waals surface area contributed by atoms with Crippen molar-refractivity contribution in [3.05, 3.63) is 29.8 Å². The van der Waals surface area contributed by atoms with E-state index < -0.39 is 0 Å². The van der Waals surface area contributed by atoms with Crippen LogP contribution < -0.4 is 5.32 Å². The van der Waals surface area contributed by atoms with Gasteiger partial charge >= 0.3 is 0 Å². The smallest absolute Gasteiger partial charge is 0.0991 e.